The molecule has 2 amide bonds. The number of nitrogens with one attached hydrogen (secondary N) is 2. The van der Waals surface area contributed by atoms with Crippen LogP contribution in [-0.4, -0.2) is 27.3 Å². The maximum Gasteiger partial charge on any atom is 0.319 e. The van der Waals surface area contributed by atoms with Gasteiger partial charge in [-0.2, -0.15) is 5.10 Å². The average Bonchev–Trinajstić information content (AvgIpc) is 3.04. The molecule has 3 rings (SSSR count). The molecule has 3 aromatic rings. The third kappa shape index (κ3) is 4.44. The molecule has 0 saturated carbocycles. The second kappa shape index (κ2) is 7.61. The molecule has 25 heavy (non-hydrogen) atoms. The Labute approximate surface area is 146 Å². The first kappa shape index (κ1) is 16.7. The van der Waals surface area contributed by atoms with E-state index in [-0.39, 0.29) is 6.03 Å². The van der Waals surface area contributed by atoms with Crippen molar-refractivity contribution in [1.82, 2.24) is 20.1 Å². The van der Waals surface area contributed by atoms with Crippen molar-refractivity contribution in [1.29, 1.82) is 0 Å². The first-order chi connectivity index (χ1) is 12.1. The number of anilines is 1. The van der Waals surface area contributed by atoms with E-state index in [1.165, 1.54) is 5.56 Å². The molecule has 2 aromatic heterocycles. The Morgan fingerprint density at radius 1 is 1.20 bits per heavy atom. The average molecular weight is 335 g/mol. The molecule has 128 valence electrons. The summed E-state index contributed by atoms with van der Waals surface area (Å²) in [6.07, 6.45) is 5.88. The van der Waals surface area contributed by atoms with E-state index < -0.39 is 0 Å². The summed E-state index contributed by atoms with van der Waals surface area (Å²) in [5.41, 5.74) is 4.93. The third-order valence-corrected chi connectivity index (χ3v) is 3.83. The van der Waals surface area contributed by atoms with Crippen LogP contribution in [0.25, 0.3) is 5.69 Å². The van der Waals surface area contributed by atoms with Gasteiger partial charge in [0.1, 0.15) is 0 Å². The highest BCUT2D eigenvalue weighted by Crippen LogP contribution is 2.17. The Kier molecular flexibility index (Phi) is 5.09. The van der Waals surface area contributed by atoms with Gasteiger partial charge in [-0.05, 0) is 37.6 Å². The molecule has 0 saturated heterocycles. The first-order valence-electron chi connectivity index (χ1n) is 8.19. The molecule has 0 spiro atoms. The van der Waals surface area contributed by atoms with Crippen molar-refractivity contribution < 1.29 is 4.79 Å². The Balaban J connectivity index is 1.55. The van der Waals surface area contributed by atoms with Crippen LogP contribution in [0, 0.1) is 13.8 Å². The lowest BCUT2D eigenvalue weighted by Crippen LogP contribution is -2.30. The summed E-state index contributed by atoms with van der Waals surface area (Å²) in [7, 11) is 0. The smallest absolute Gasteiger partial charge is 0.319 e. The molecule has 2 N–H and O–H groups in total. The minimum atomic E-state index is -0.254. The maximum atomic E-state index is 12.0. The second-order valence-electron chi connectivity index (χ2n) is 5.92. The van der Waals surface area contributed by atoms with Gasteiger partial charge in [0.2, 0.25) is 0 Å². The number of benzene rings is 1. The molecule has 0 unspecified atom stereocenters. The quantitative estimate of drug-likeness (QED) is 0.752. The predicted octanol–water partition coefficient (Wildman–Crippen LogP) is 3.25. The fraction of sp³-hybridized carbons (Fsp3) is 0.211. The number of aryl methyl sites for hydroxylation is 2. The molecule has 1 aromatic carbocycles. The molecular weight excluding hydrogens is 314 g/mol. The Morgan fingerprint density at radius 2 is 2.08 bits per heavy atom. The number of carbonyl (C=O) groups is 1. The molecule has 2 heterocycles. The van der Waals surface area contributed by atoms with Crippen molar-refractivity contribution in [3.05, 3.63) is 71.8 Å². The van der Waals surface area contributed by atoms with Gasteiger partial charge in [0.25, 0.3) is 0 Å². The van der Waals surface area contributed by atoms with Gasteiger partial charge in [0.15, 0.2) is 0 Å². The number of hydrogen-bond acceptors (Lipinski definition) is 3. The van der Waals surface area contributed by atoms with Crippen LogP contribution in [-0.2, 0) is 6.42 Å². The van der Waals surface area contributed by atoms with Crippen molar-refractivity contribution >= 4 is 11.7 Å². The van der Waals surface area contributed by atoms with Gasteiger partial charge in [0, 0.05) is 24.9 Å². The summed E-state index contributed by atoms with van der Waals surface area (Å²) in [6, 6.07) is 11.7. The Hall–Kier alpha value is -3.15. The summed E-state index contributed by atoms with van der Waals surface area (Å²) < 4.78 is 1.76. The van der Waals surface area contributed by atoms with Crippen LogP contribution < -0.4 is 10.6 Å². The molecule has 0 atom stereocenters. The van der Waals surface area contributed by atoms with E-state index in [1.54, 1.807) is 23.3 Å². The van der Waals surface area contributed by atoms with E-state index in [0.717, 1.165) is 16.9 Å². The second-order valence-corrected chi connectivity index (χ2v) is 5.92. The molecule has 0 aliphatic rings. The van der Waals surface area contributed by atoms with Gasteiger partial charge in [0.05, 0.1) is 23.8 Å². The number of pyridine rings is 1. The molecule has 0 bridgehead atoms. The SMILES string of the molecule is Cc1ccc(-n2cc(NC(=O)NCCc3ccccn3)cn2)c(C)c1. The summed E-state index contributed by atoms with van der Waals surface area (Å²) in [5, 5.41) is 9.94. The minimum absolute atomic E-state index is 0.254. The zero-order valence-corrected chi connectivity index (χ0v) is 14.4. The van der Waals surface area contributed by atoms with Gasteiger partial charge >= 0.3 is 6.03 Å². The molecule has 0 fully saturated rings. The van der Waals surface area contributed by atoms with Crippen molar-refractivity contribution in [2.24, 2.45) is 0 Å². The standard InChI is InChI=1S/C19H21N5O/c1-14-6-7-18(15(2)11-14)24-13-17(12-22-24)23-19(25)21-10-8-16-5-3-4-9-20-16/h3-7,9,11-13H,8,10H2,1-2H3,(H2,21,23,25). The van der Waals surface area contributed by atoms with E-state index in [2.05, 4.69) is 33.7 Å². The van der Waals surface area contributed by atoms with Gasteiger partial charge < -0.3 is 10.6 Å². The Morgan fingerprint density at radius 3 is 2.84 bits per heavy atom. The zero-order chi connectivity index (χ0) is 17.6. The van der Waals surface area contributed by atoms with E-state index >= 15 is 0 Å². The highest BCUT2D eigenvalue weighted by atomic mass is 16.2. The van der Waals surface area contributed by atoms with Crippen LogP contribution in [0.4, 0.5) is 10.5 Å². The number of carbonyl (C=O) groups excluding carboxylic acids is 1. The molecule has 0 radical (unpaired) electrons. The van der Waals surface area contributed by atoms with Crippen LogP contribution in [0.5, 0.6) is 0 Å². The molecule has 6 heteroatoms. The number of nitrogens with zero attached hydrogens (tertiary/aromatic N) is 3. The van der Waals surface area contributed by atoms with E-state index in [4.69, 9.17) is 0 Å². The maximum absolute atomic E-state index is 12.0. The van der Waals surface area contributed by atoms with Crippen LogP contribution >= 0.6 is 0 Å². The molecule has 6 nitrogen and oxygen atoms in total. The van der Waals surface area contributed by atoms with Crippen molar-refractivity contribution in [2.45, 2.75) is 20.3 Å². The number of urea groups is 1. The van der Waals surface area contributed by atoms with Crippen LogP contribution in [0.15, 0.2) is 55.0 Å². The van der Waals surface area contributed by atoms with Gasteiger partial charge in [-0.15, -0.1) is 0 Å². The Bertz CT molecular complexity index is 857. The number of hydrogen-bond donors (Lipinski definition) is 2. The minimum Gasteiger partial charge on any atom is -0.337 e. The molecule has 0 aliphatic carbocycles. The van der Waals surface area contributed by atoms with Gasteiger partial charge in [-0.1, -0.05) is 23.8 Å². The summed E-state index contributed by atoms with van der Waals surface area (Å²) in [6.45, 7) is 4.62. The van der Waals surface area contributed by atoms with E-state index in [1.807, 2.05) is 37.3 Å². The lowest BCUT2D eigenvalue weighted by atomic mass is 10.1. The van der Waals surface area contributed by atoms with Crippen LogP contribution in [0.3, 0.4) is 0 Å². The van der Waals surface area contributed by atoms with Gasteiger partial charge in [-0.3, -0.25) is 4.98 Å². The first-order valence-corrected chi connectivity index (χ1v) is 8.19. The van der Waals surface area contributed by atoms with Crippen molar-refractivity contribution in [3.63, 3.8) is 0 Å². The fourth-order valence-electron chi connectivity index (χ4n) is 2.61. The largest absolute Gasteiger partial charge is 0.337 e. The summed E-state index contributed by atoms with van der Waals surface area (Å²) in [5.74, 6) is 0. The normalized spacial score (nSPS) is 10.5. The summed E-state index contributed by atoms with van der Waals surface area (Å²) in [4.78, 5) is 16.2. The predicted molar refractivity (Wildman–Crippen MR) is 98.0 cm³/mol. The lowest BCUT2D eigenvalue weighted by Gasteiger charge is -2.07. The molecule has 0 aliphatic heterocycles. The number of amides is 2. The van der Waals surface area contributed by atoms with E-state index in [9.17, 15) is 4.79 Å². The number of rotatable bonds is 5. The highest BCUT2D eigenvalue weighted by molar-refractivity contribution is 5.88. The zero-order valence-electron chi connectivity index (χ0n) is 14.4. The third-order valence-electron chi connectivity index (χ3n) is 3.83. The lowest BCUT2D eigenvalue weighted by molar-refractivity contribution is 0.252. The number of aromatic nitrogens is 3. The molecular formula is C19H21N5O. The fourth-order valence-corrected chi connectivity index (χ4v) is 2.61. The summed E-state index contributed by atoms with van der Waals surface area (Å²) >= 11 is 0. The van der Waals surface area contributed by atoms with Gasteiger partial charge in [-0.25, -0.2) is 9.48 Å². The highest BCUT2D eigenvalue weighted by Gasteiger charge is 2.07. The van der Waals surface area contributed by atoms with Crippen molar-refractivity contribution in [2.75, 3.05) is 11.9 Å². The van der Waals surface area contributed by atoms with Crippen LogP contribution in [0.2, 0.25) is 0 Å². The topological polar surface area (TPSA) is 71.8 Å². The van der Waals surface area contributed by atoms with Crippen molar-refractivity contribution in [3.8, 4) is 5.69 Å². The van der Waals surface area contributed by atoms with E-state index in [0.29, 0.717) is 18.7 Å². The monoisotopic (exact) mass is 335 g/mol. The van der Waals surface area contributed by atoms with Crippen LogP contribution in [0.1, 0.15) is 16.8 Å².